The number of carbonyl (C=O) groups is 1. The summed E-state index contributed by atoms with van der Waals surface area (Å²) in [6, 6.07) is 0. The molecule has 0 aliphatic carbocycles. The highest BCUT2D eigenvalue weighted by Gasteiger charge is 2.17. The lowest BCUT2D eigenvalue weighted by molar-refractivity contribution is 0.0691. The highest BCUT2D eigenvalue weighted by Crippen LogP contribution is 2.18. The largest absolute Gasteiger partial charge is 0.476 e. The summed E-state index contributed by atoms with van der Waals surface area (Å²) in [6.45, 7) is 1.95. The van der Waals surface area contributed by atoms with Gasteiger partial charge in [0.25, 0.3) is 0 Å². The minimum Gasteiger partial charge on any atom is -0.476 e. The summed E-state index contributed by atoms with van der Waals surface area (Å²) in [5.74, 6) is -0.184. The van der Waals surface area contributed by atoms with Gasteiger partial charge in [0.05, 0.1) is 0 Å². The smallest absolute Gasteiger partial charge is 0.356 e. The average molecular weight is 223 g/mol. The number of hydrogen-bond donors (Lipinski definition) is 1. The molecule has 1 fully saturated rings. The molecule has 5 nitrogen and oxygen atoms in total. The van der Waals surface area contributed by atoms with E-state index < -0.39 is 5.97 Å². The van der Waals surface area contributed by atoms with E-state index in [1.54, 1.807) is 10.8 Å². The van der Waals surface area contributed by atoms with Crippen molar-refractivity contribution in [2.24, 2.45) is 7.05 Å². The van der Waals surface area contributed by atoms with Gasteiger partial charge in [-0.15, -0.1) is 0 Å². The summed E-state index contributed by atoms with van der Waals surface area (Å²) >= 11 is 0. The Balaban J connectivity index is 2.21. The average Bonchev–Trinajstić information content (AvgIpc) is 2.50. The molecular formula is C11H17N3O2. The van der Waals surface area contributed by atoms with Crippen molar-refractivity contribution in [1.82, 2.24) is 9.55 Å². The van der Waals surface area contributed by atoms with Crippen LogP contribution in [0.2, 0.25) is 0 Å². The molecule has 0 atom stereocenters. The Labute approximate surface area is 94.7 Å². The summed E-state index contributed by atoms with van der Waals surface area (Å²) in [7, 11) is 1.85. The van der Waals surface area contributed by atoms with Crippen molar-refractivity contribution in [1.29, 1.82) is 0 Å². The number of rotatable bonds is 2. The van der Waals surface area contributed by atoms with Crippen LogP contribution in [0.15, 0.2) is 6.20 Å². The van der Waals surface area contributed by atoms with Crippen molar-refractivity contribution in [2.75, 3.05) is 18.0 Å². The Morgan fingerprint density at radius 3 is 2.44 bits per heavy atom. The molecule has 16 heavy (non-hydrogen) atoms. The third-order valence-corrected chi connectivity index (χ3v) is 2.96. The normalized spacial score (nSPS) is 17.2. The summed E-state index contributed by atoms with van der Waals surface area (Å²) < 4.78 is 1.80. The minimum atomic E-state index is -0.961. The van der Waals surface area contributed by atoms with E-state index in [9.17, 15) is 4.79 Å². The van der Waals surface area contributed by atoms with Crippen LogP contribution in [0.4, 0.5) is 5.95 Å². The zero-order chi connectivity index (χ0) is 11.5. The SMILES string of the molecule is Cn1cc(C(=O)O)nc1N1CCCCCC1. The van der Waals surface area contributed by atoms with Gasteiger partial charge in [0.15, 0.2) is 5.69 Å². The Hall–Kier alpha value is -1.52. The monoisotopic (exact) mass is 223 g/mol. The van der Waals surface area contributed by atoms with Gasteiger partial charge in [0.1, 0.15) is 0 Å². The predicted molar refractivity (Wildman–Crippen MR) is 60.8 cm³/mol. The number of nitrogens with zero attached hydrogens (tertiary/aromatic N) is 3. The van der Waals surface area contributed by atoms with E-state index in [0.717, 1.165) is 31.9 Å². The molecule has 0 amide bonds. The fourth-order valence-electron chi connectivity index (χ4n) is 2.12. The fourth-order valence-corrected chi connectivity index (χ4v) is 2.12. The van der Waals surface area contributed by atoms with Crippen molar-refractivity contribution >= 4 is 11.9 Å². The van der Waals surface area contributed by atoms with Crippen LogP contribution in [0.1, 0.15) is 36.2 Å². The second kappa shape index (κ2) is 4.55. The molecule has 88 valence electrons. The van der Waals surface area contributed by atoms with E-state index in [0.29, 0.717) is 0 Å². The van der Waals surface area contributed by atoms with Gasteiger partial charge < -0.3 is 14.6 Å². The van der Waals surface area contributed by atoms with Gasteiger partial charge >= 0.3 is 5.97 Å². The number of carboxylic acids is 1. The molecule has 2 heterocycles. The second-order valence-electron chi connectivity index (χ2n) is 4.24. The molecule has 0 spiro atoms. The number of carboxylic acid groups (broad SMARTS) is 1. The molecule has 1 N–H and O–H groups in total. The molecule has 1 aromatic rings. The van der Waals surface area contributed by atoms with Crippen molar-refractivity contribution in [2.45, 2.75) is 25.7 Å². The molecular weight excluding hydrogens is 206 g/mol. The van der Waals surface area contributed by atoms with Gasteiger partial charge in [-0.2, -0.15) is 0 Å². The third-order valence-electron chi connectivity index (χ3n) is 2.96. The molecule has 0 radical (unpaired) electrons. The van der Waals surface area contributed by atoms with Crippen LogP contribution >= 0.6 is 0 Å². The molecule has 1 aliphatic heterocycles. The predicted octanol–water partition coefficient (Wildman–Crippen LogP) is 1.50. The highest BCUT2D eigenvalue weighted by molar-refractivity contribution is 5.85. The van der Waals surface area contributed by atoms with Gasteiger partial charge in [-0.25, -0.2) is 9.78 Å². The first-order valence-corrected chi connectivity index (χ1v) is 5.70. The number of anilines is 1. The van der Waals surface area contributed by atoms with Crippen LogP contribution in [0, 0.1) is 0 Å². The fraction of sp³-hybridized carbons (Fsp3) is 0.636. The Kier molecular flexibility index (Phi) is 3.12. The molecule has 0 aromatic carbocycles. The van der Waals surface area contributed by atoms with E-state index >= 15 is 0 Å². The van der Waals surface area contributed by atoms with E-state index in [-0.39, 0.29) is 5.69 Å². The molecule has 0 unspecified atom stereocenters. The van der Waals surface area contributed by atoms with Crippen molar-refractivity contribution in [3.63, 3.8) is 0 Å². The summed E-state index contributed by atoms with van der Waals surface area (Å²) in [5.41, 5.74) is 0.127. The van der Waals surface area contributed by atoms with E-state index in [2.05, 4.69) is 9.88 Å². The van der Waals surface area contributed by atoms with Crippen LogP contribution < -0.4 is 4.90 Å². The van der Waals surface area contributed by atoms with Crippen LogP contribution in [-0.2, 0) is 7.05 Å². The van der Waals surface area contributed by atoms with E-state index in [1.165, 1.54) is 12.8 Å². The summed E-state index contributed by atoms with van der Waals surface area (Å²) in [6.07, 6.45) is 6.41. The van der Waals surface area contributed by atoms with Crippen LogP contribution in [0.25, 0.3) is 0 Å². The van der Waals surface area contributed by atoms with Gasteiger partial charge in [-0.1, -0.05) is 12.8 Å². The molecule has 1 saturated heterocycles. The Morgan fingerprint density at radius 1 is 1.31 bits per heavy atom. The van der Waals surface area contributed by atoms with Crippen LogP contribution in [0.5, 0.6) is 0 Å². The van der Waals surface area contributed by atoms with Gasteiger partial charge in [-0.3, -0.25) is 0 Å². The van der Waals surface area contributed by atoms with Crippen molar-refractivity contribution in [3.05, 3.63) is 11.9 Å². The highest BCUT2D eigenvalue weighted by atomic mass is 16.4. The number of aryl methyl sites for hydroxylation is 1. The first kappa shape index (κ1) is 11.0. The number of imidazole rings is 1. The van der Waals surface area contributed by atoms with E-state index in [4.69, 9.17) is 5.11 Å². The van der Waals surface area contributed by atoms with Crippen LogP contribution in [-0.4, -0.2) is 33.7 Å². The van der Waals surface area contributed by atoms with Gasteiger partial charge in [-0.05, 0) is 12.8 Å². The first-order chi connectivity index (χ1) is 7.68. The van der Waals surface area contributed by atoms with Gasteiger partial charge in [0.2, 0.25) is 5.95 Å². The Bertz CT molecular complexity index is 379. The molecule has 2 rings (SSSR count). The van der Waals surface area contributed by atoms with Gasteiger partial charge in [0, 0.05) is 26.3 Å². The van der Waals surface area contributed by atoms with Crippen molar-refractivity contribution < 1.29 is 9.90 Å². The molecule has 0 bridgehead atoms. The lowest BCUT2D eigenvalue weighted by atomic mass is 10.2. The van der Waals surface area contributed by atoms with Crippen LogP contribution in [0.3, 0.4) is 0 Å². The zero-order valence-electron chi connectivity index (χ0n) is 9.52. The lowest BCUT2D eigenvalue weighted by Gasteiger charge is -2.20. The molecule has 1 aliphatic rings. The quantitative estimate of drug-likeness (QED) is 0.825. The number of aromatic nitrogens is 2. The second-order valence-corrected chi connectivity index (χ2v) is 4.24. The van der Waals surface area contributed by atoms with Crippen molar-refractivity contribution in [3.8, 4) is 0 Å². The lowest BCUT2D eigenvalue weighted by Crippen LogP contribution is -2.26. The number of hydrogen-bond acceptors (Lipinski definition) is 3. The Morgan fingerprint density at radius 2 is 1.94 bits per heavy atom. The third kappa shape index (κ3) is 2.18. The number of aromatic carboxylic acids is 1. The molecule has 0 saturated carbocycles. The molecule has 5 heteroatoms. The minimum absolute atomic E-state index is 0.127. The standard InChI is InChI=1S/C11H17N3O2/c1-13-8-9(10(15)16)12-11(13)14-6-4-2-3-5-7-14/h8H,2-7H2,1H3,(H,15,16). The first-order valence-electron chi connectivity index (χ1n) is 5.70. The zero-order valence-corrected chi connectivity index (χ0v) is 9.52. The maximum atomic E-state index is 10.8. The topological polar surface area (TPSA) is 58.4 Å². The molecule has 1 aromatic heterocycles. The van der Waals surface area contributed by atoms with E-state index in [1.807, 2.05) is 7.05 Å². The summed E-state index contributed by atoms with van der Waals surface area (Å²) in [5, 5.41) is 8.88. The maximum absolute atomic E-state index is 10.8. The maximum Gasteiger partial charge on any atom is 0.356 e. The summed E-state index contributed by atoms with van der Waals surface area (Å²) in [4.78, 5) is 17.2.